The fourth-order valence-electron chi connectivity index (χ4n) is 2.16. The molecule has 2 heterocycles. The number of aromatic nitrogens is 2. The lowest BCUT2D eigenvalue weighted by Gasteiger charge is -2.29. The van der Waals surface area contributed by atoms with E-state index in [1.165, 1.54) is 0 Å². The molecule has 1 aromatic heterocycles. The van der Waals surface area contributed by atoms with Gasteiger partial charge in [0.05, 0.1) is 10.7 Å². The summed E-state index contributed by atoms with van der Waals surface area (Å²) in [5.41, 5.74) is 5.80. The lowest BCUT2D eigenvalue weighted by molar-refractivity contribution is 0.343. The standard InChI is InChI=1S/C12H19N3OS2/c1-7-8(2)18-9(5-17-7)10-14-11(16-15-10)12(6-13)3-4-12/h7-9H,3-6,13H2,1-2H3. The molecular weight excluding hydrogens is 266 g/mol. The van der Waals surface area contributed by atoms with Gasteiger partial charge in [-0.1, -0.05) is 19.0 Å². The minimum absolute atomic E-state index is 0.0105. The minimum Gasteiger partial charge on any atom is -0.339 e. The van der Waals surface area contributed by atoms with E-state index in [1.807, 2.05) is 23.5 Å². The van der Waals surface area contributed by atoms with Gasteiger partial charge in [-0.05, 0) is 12.8 Å². The van der Waals surface area contributed by atoms with E-state index in [0.29, 0.717) is 22.3 Å². The quantitative estimate of drug-likeness (QED) is 0.919. The topological polar surface area (TPSA) is 64.9 Å². The van der Waals surface area contributed by atoms with Crippen molar-refractivity contribution in [2.45, 2.75) is 47.9 Å². The molecule has 6 heteroatoms. The van der Waals surface area contributed by atoms with Gasteiger partial charge in [0.1, 0.15) is 0 Å². The number of hydrogen-bond acceptors (Lipinski definition) is 6. The molecule has 4 nitrogen and oxygen atoms in total. The first-order valence-corrected chi connectivity index (χ1v) is 8.45. The van der Waals surface area contributed by atoms with E-state index in [0.717, 1.165) is 30.3 Å². The Balaban J connectivity index is 1.74. The smallest absolute Gasteiger partial charge is 0.234 e. The fourth-order valence-corrected chi connectivity index (χ4v) is 4.99. The zero-order valence-corrected chi connectivity index (χ0v) is 12.4. The Morgan fingerprint density at radius 2 is 2.17 bits per heavy atom. The van der Waals surface area contributed by atoms with Crippen LogP contribution in [0.5, 0.6) is 0 Å². The molecule has 100 valence electrons. The Kier molecular flexibility index (Phi) is 3.36. The highest BCUT2D eigenvalue weighted by atomic mass is 32.2. The first-order chi connectivity index (χ1) is 8.64. The van der Waals surface area contributed by atoms with Gasteiger partial charge in [0, 0.05) is 22.8 Å². The molecule has 0 aromatic carbocycles. The van der Waals surface area contributed by atoms with Crippen LogP contribution in [0, 0.1) is 0 Å². The molecule has 3 rings (SSSR count). The Morgan fingerprint density at radius 1 is 1.39 bits per heavy atom. The molecule has 1 aliphatic heterocycles. The van der Waals surface area contributed by atoms with E-state index in [-0.39, 0.29) is 5.41 Å². The third-order valence-corrected chi connectivity index (χ3v) is 7.36. The Labute approximate surface area is 116 Å². The number of hydrogen-bond donors (Lipinski definition) is 1. The molecule has 0 amide bonds. The molecule has 3 unspecified atom stereocenters. The lowest BCUT2D eigenvalue weighted by Crippen LogP contribution is -2.23. The molecular formula is C12H19N3OS2. The fraction of sp³-hybridized carbons (Fsp3) is 0.833. The molecule has 2 N–H and O–H groups in total. The van der Waals surface area contributed by atoms with Crippen LogP contribution < -0.4 is 5.73 Å². The van der Waals surface area contributed by atoms with Crippen molar-refractivity contribution in [2.75, 3.05) is 12.3 Å². The molecule has 1 saturated carbocycles. The van der Waals surface area contributed by atoms with Crippen LogP contribution in [0.1, 0.15) is 43.7 Å². The van der Waals surface area contributed by atoms with E-state index in [4.69, 9.17) is 10.3 Å². The minimum atomic E-state index is 0.0105. The van der Waals surface area contributed by atoms with Crippen molar-refractivity contribution >= 4 is 23.5 Å². The van der Waals surface area contributed by atoms with Crippen LogP contribution in [-0.4, -0.2) is 32.9 Å². The summed E-state index contributed by atoms with van der Waals surface area (Å²) in [5, 5.41) is 5.89. The van der Waals surface area contributed by atoms with Crippen molar-refractivity contribution in [1.29, 1.82) is 0 Å². The van der Waals surface area contributed by atoms with Gasteiger partial charge < -0.3 is 10.3 Å². The first kappa shape index (κ1) is 12.8. The van der Waals surface area contributed by atoms with Gasteiger partial charge >= 0.3 is 0 Å². The van der Waals surface area contributed by atoms with Gasteiger partial charge in [-0.25, -0.2) is 0 Å². The average molecular weight is 285 g/mol. The summed E-state index contributed by atoms with van der Waals surface area (Å²) in [4.78, 5) is 4.61. The second-order valence-electron chi connectivity index (χ2n) is 5.31. The monoisotopic (exact) mass is 285 g/mol. The van der Waals surface area contributed by atoms with E-state index in [1.54, 1.807) is 0 Å². The third-order valence-electron chi connectivity index (χ3n) is 3.98. The average Bonchev–Trinajstić information content (AvgIpc) is 3.02. The van der Waals surface area contributed by atoms with Gasteiger partial charge in [-0.2, -0.15) is 16.7 Å². The summed E-state index contributed by atoms with van der Waals surface area (Å²) in [6, 6.07) is 0. The van der Waals surface area contributed by atoms with Crippen molar-refractivity contribution in [2.24, 2.45) is 5.73 Å². The van der Waals surface area contributed by atoms with Crippen LogP contribution in [0.4, 0.5) is 0 Å². The summed E-state index contributed by atoms with van der Waals surface area (Å²) in [6.07, 6.45) is 2.18. The van der Waals surface area contributed by atoms with Crippen LogP contribution in [0.2, 0.25) is 0 Å². The van der Waals surface area contributed by atoms with Crippen molar-refractivity contribution in [3.8, 4) is 0 Å². The number of nitrogens with zero attached hydrogens (tertiary/aromatic N) is 2. The molecule has 1 aliphatic carbocycles. The predicted octanol–water partition coefficient (Wildman–Crippen LogP) is 2.36. The van der Waals surface area contributed by atoms with Crippen LogP contribution in [0.3, 0.4) is 0 Å². The molecule has 0 bridgehead atoms. The highest BCUT2D eigenvalue weighted by Gasteiger charge is 2.48. The molecule has 0 radical (unpaired) electrons. The van der Waals surface area contributed by atoms with E-state index < -0.39 is 0 Å². The molecule has 3 atom stereocenters. The zero-order chi connectivity index (χ0) is 12.8. The Morgan fingerprint density at radius 3 is 2.78 bits per heavy atom. The number of nitrogens with two attached hydrogens (primary N) is 1. The maximum atomic E-state index is 5.79. The first-order valence-electron chi connectivity index (χ1n) is 6.46. The van der Waals surface area contributed by atoms with Gasteiger partial charge in [0.15, 0.2) is 5.82 Å². The number of rotatable bonds is 3. The summed E-state index contributed by atoms with van der Waals surface area (Å²) in [5.74, 6) is 2.70. The number of thioether (sulfide) groups is 2. The molecule has 18 heavy (non-hydrogen) atoms. The summed E-state index contributed by atoms with van der Waals surface area (Å²) >= 11 is 3.96. The molecule has 0 spiro atoms. The second kappa shape index (κ2) is 4.72. The summed E-state index contributed by atoms with van der Waals surface area (Å²) in [7, 11) is 0. The van der Waals surface area contributed by atoms with Crippen LogP contribution >= 0.6 is 23.5 Å². The van der Waals surface area contributed by atoms with Crippen LogP contribution in [-0.2, 0) is 5.41 Å². The molecule has 2 aliphatic rings. The van der Waals surface area contributed by atoms with Crippen molar-refractivity contribution in [3.05, 3.63) is 11.7 Å². The second-order valence-corrected chi connectivity index (χ2v) is 8.31. The van der Waals surface area contributed by atoms with Crippen molar-refractivity contribution in [1.82, 2.24) is 10.1 Å². The van der Waals surface area contributed by atoms with E-state index in [9.17, 15) is 0 Å². The van der Waals surface area contributed by atoms with Gasteiger partial charge in [0.25, 0.3) is 0 Å². The summed E-state index contributed by atoms with van der Waals surface area (Å²) < 4.78 is 5.43. The Hall–Kier alpha value is -0.200. The highest BCUT2D eigenvalue weighted by molar-refractivity contribution is 8.07. The highest BCUT2D eigenvalue weighted by Crippen LogP contribution is 2.48. The van der Waals surface area contributed by atoms with Crippen LogP contribution in [0.15, 0.2) is 4.52 Å². The van der Waals surface area contributed by atoms with Crippen molar-refractivity contribution < 1.29 is 4.52 Å². The van der Waals surface area contributed by atoms with Gasteiger partial charge in [-0.15, -0.1) is 11.8 Å². The van der Waals surface area contributed by atoms with Crippen molar-refractivity contribution in [3.63, 3.8) is 0 Å². The summed E-state index contributed by atoms with van der Waals surface area (Å²) in [6.45, 7) is 5.18. The maximum absolute atomic E-state index is 5.79. The zero-order valence-electron chi connectivity index (χ0n) is 10.8. The van der Waals surface area contributed by atoms with Gasteiger partial charge in [0.2, 0.25) is 5.89 Å². The van der Waals surface area contributed by atoms with Crippen LogP contribution in [0.25, 0.3) is 0 Å². The SMILES string of the molecule is CC1SCC(c2noc(C3(CN)CC3)n2)SC1C. The molecule has 1 aromatic rings. The maximum Gasteiger partial charge on any atom is 0.234 e. The third kappa shape index (κ3) is 2.18. The Bertz CT molecular complexity index is 433. The molecule has 1 saturated heterocycles. The largest absolute Gasteiger partial charge is 0.339 e. The molecule has 2 fully saturated rings. The predicted molar refractivity (Wildman–Crippen MR) is 76.0 cm³/mol. The van der Waals surface area contributed by atoms with Gasteiger partial charge in [-0.3, -0.25) is 0 Å². The lowest BCUT2D eigenvalue weighted by atomic mass is 10.1. The normalized spacial score (nSPS) is 34.5. The van der Waals surface area contributed by atoms with E-state index >= 15 is 0 Å². The van der Waals surface area contributed by atoms with E-state index in [2.05, 4.69) is 24.0 Å².